The maximum Gasteiger partial charge on any atom is 0.405 e. The molecule has 2 heterocycles. The van der Waals surface area contributed by atoms with Gasteiger partial charge in [-0.15, -0.1) is 0 Å². The lowest BCUT2D eigenvalue weighted by molar-refractivity contribution is -0.140. The summed E-state index contributed by atoms with van der Waals surface area (Å²) in [6, 6.07) is 3.88. The number of aryl methyl sites for hydroxylation is 1. The highest BCUT2D eigenvalue weighted by Crippen LogP contribution is 2.49. The molecule has 1 aromatic heterocycles. The molecule has 1 saturated heterocycles. The molecule has 5 atom stereocenters. The second kappa shape index (κ2) is 16.6. The molecule has 308 valence electrons. The van der Waals surface area contributed by atoms with Crippen LogP contribution in [0.25, 0.3) is 11.0 Å². The van der Waals surface area contributed by atoms with Gasteiger partial charge in [0, 0.05) is 12.0 Å². The highest BCUT2D eigenvalue weighted by molar-refractivity contribution is 7.91. The molecule has 1 aliphatic heterocycles. The summed E-state index contributed by atoms with van der Waals surface area (Å²) < 4.78 is 66.8. The van der Waals surface area contributed by atoms with Gasteiger partial charge in [-0.05, 0) is 63.5 Å². The number of amides is 4. The van der Waals surface area contributed by atoms with E-state index in [9.17, 15) is 41.5 Å². The van der Waals surface area contributed by atoms with Crippen LogP contribution in [0.2, 0.25) is 0 Å². The summed E-state index contributed by atoms with van der Waals surface area (Å²) in [5.41, 5.74) is -0.567. The molecule has 4 amide bonds. The van der Waals surface area contributed by atoms with Gasteiger partial charge in [-0.25, -0.2) is 32.0 Å². The number of unbranched alkanes of at least 4 members (excludes halogenated alkanes) is 2. The molecule has 4 aliphatic rings. The number of nitrogens with zero attached hydrogens (tertiary/aromatic N) is 3. The van der Waals surface area contributed by atoms with Crippen molar-refractivity contribution in [2.75, 3.05) is 20.2 Å². The van der Waals surface area contributed by atoms with Crippen molar-refractivity contribution >= 4 is 44.9 Å². The van der Waals surface area contributed by atoms with Crippen molar-refractivity contribution in [2.24, 2.45) is 17.8 Å². The largest absolute Gasteiger partial charge is 0.497 e. The minimum atomic E-state index is -4.23. The van der Waals surface area contributed by atoms with Gasteiger partial charge >= 0.3 is 6.09 Å². The number of sulfonamides is 1. The zero-order valence-corrected chi connectivity index (χ0v) is 32.8. The Balaban J connectivity index is 1.27. The standard InChI is InChI=1S/C38H52F2N6O9S/c1-4-24-29(55-34-27(13-7-5-6-10-22-11-8-9-12-22)42-26-15-14-23(54-3)18-28(26)43-34)21-46(30(47)20-41-36(50)51)31(24)33(48)44-38(19-25(38)32(39)40)35(49)45-56(52,53)37(2)16-17-37/h14-15,18,22,24-25,29,31-32,41H,4-13,16-17,19-21H2,1-3H3,(H,44,48)(H,45,49)(H,50,51)/t24-,25+,29+,31+,38-/m1/s1. The number of hydrogen-bond acceptors (Lipinski definition) is 10. The number of halogens is 2. The number of hydrogen-bond donors (Lipinski definition) is 4. The van der Waals surface area contributed by atoms with Crippen molar-refractivity contribution in [3.05, 3.63) is 23.9 Å². The van der Waals surface area contributed by atoms with Gasteiger partial charge in [-0.3, -0.25) is 19.1 Å². The number of fused-ring (bicyclic) bond motifs is 1. The number of ether oxygens (including phenoxy) is 2. The van der Waals surface area contributed by atoms with Gasteiger partial charge in [-0.2, -0.15) is 0 Å². The second-order valence-electron chi connectivity index (χ2n) is 15.9. The Bertz CT molecular complexity index is 1930. The van der Waals surface area contributed by atoms with E-state index < -0.39 is 87.5 Å². The number of carbonyl (C=O) groups excluding carboxylic acids is 3. The van der Waals surface area contributed by atoms with Crippen LogP contribution in [0.4, 0.5) is 13.6 Å². The van der Waals surface area contributed by atoms with Crippen molar-refractivity contribution < 1.29 is 51.0 Å². The van der Waals surface area contributed by atoms with Crippen molar-refractivity contribution in [2.45, 2.75) is 126 Å². The third-order valence-corrected chi connectivity index (χ3v) is 14.3. The van der Waals surface area contributed by atoms with Gasteiger partial charge in [-0.1, -0.05) is 51.9 Å². The number of benzene rings is 1. The molecule has 0 bridgehead atoms. The van der Waals surface area contributed by atoms with E-state index in [2.05, 4.69) is 5.32 Å². The Morgan fingerprint density at radius 1 is 1.07 bits per heavy atom. The first-order chi connectivity index (χ1) is 26.6. The fourth-order valence-electron chi connectivity index (χ4n) is 8.25. The van der Waals surface area contributed by atoms with E-state index in [-0.39, 0.29) is 31.7 Å². The second-order valence-corrected chi connectivity index (χ2v) is 18.1. The molecule has 15 nitrogen and oxygen atoms in total. The lowest BCUT2D eigenvalue weighted by atomic mass is 9.94. The Labute approximate surface area is 325 Å². The van der Waals surface area contributed by atoms with E-state index in [0.29, 0.717) is 28.9 Å². The molecular weight excluding hydrogens is 755 g/mol. The number of carboxylic acid groups (broad SMARTS) is 1. The van der Waals surface area contributed by atoms with Gasteiger partial charge in [0.1, 0.15) is 35.7 Å². The summed E-state index contributed by atoms with van der Waals surface area (Å²) >= 11 is 0. The molecule has 6 rings (SSSR count). The maximum absolute atomic E-state index is 14.3. The summed E-state index contributed by atoms with van der Waals surface area (Å²) in [5.74, 6) is -3.99. The molecule has 3 saturated carbocycles. The highest BCUT2D eigenvalue weighted by Gasteiger charge is 2.67. The predicted molar refractivity (Wildman–Crippen MR) is 200 cm³/mol. The molecule has 18 heteroatoms. The molecule has 0 spiro atoms. The Hall–Kier alpha value is -4.35. The van der Waals surface area contributed by atoms with Gasteiger partial charge < -0.3 is 30.1 Å². The van der Waals surface area contributed by atoms with E-state index >= 15 is 0 Å². The number of methoxy groups -OCH3 is 1. The number of rotatable bonds is 18. The average molecular weight is 807 g/mol. The SMILES string of the molecule is CC[C@@H]1[C@@H](Oc2nc3cc(OC)ccc3nc2CCCCCC2CCCC2)CN(C(=O)CNC(=O)O)[C@@H]1C(=O)N[C@]1(C(=O)NS(=O)(=O)C2(C)CC2)C[C@H]1C(F)F. The van der Waals surface area contributed by atoms with Crippen molar-refractivity contribution in [1.29, 1.82) is 0 Å². The van der Waals surface area contributed by atoms with E-state index in [0.717, 1.165) is 30.1 Å². The number of likely N-dealkylation sites (tertiary alicyclic amines) is 1. The molecule has 4 fully saturated rings. The fourth-order valence-corrected chi connectivity index (χ4v) is 9.56. The van der Waals surface area contributed by atoms with Crippen LogP contribution in [0.3, 0.4) is 0 Å². The molecule has 0 unspecified atom stereocenters. The Morgan fingerprint density at radius 2 is 1.80 bits per heavy atom. The van der Waals surface area contributed by atoms with Crippen LogP contribution >= 0.6 is 0 Å². The lowest BCUT2D eigenvalue weighted by Crippen LogP contribution is -2.59. The van der Waals surface area contributed by atoms with Crippen LogP contribution in [-0.4, -0.2) is 101 Å². The Kier molecular flexibility index (Phi) is 12.3. The predicted octanol–water partition coefficient (Wildman–Crippen LogP) is 4.32. The molecule has 1 aromatic carbocycles. The van der Waals surface area contributed by atoms with Crippen LogP contribution in [0.5, 0.6) is 11.6 Å². The highest BCUT2D eigenvalue weighted by atomic mass is 32.2. The molecule has 4 N–H and O–H groups in total. The third-order valence-electron chi connectivity index (χ3n) is 12.1. The molecular formula is C38H52F2N6O9S. The zero-order chi connectivity index (χ0) is 40.4. The molecule has 0 radical (unpaired) electrons. The quantitative estimate of drug-likeness (QED) is 0.156. The summed E-state index contributed by atoms with van der Waals surface area (Å²) in [4.78, 5) is 63.4. The molecule has 56 heavy (non-hydrogen) atoms. The summed E-state index contributed by atoms with van der Waals surface area (Å²) in [7, 11) is -2.71. The Morgan fingerprint density at radius 3 is 2.43 bits per heavy atom. The maximum atomic E-state index is 14.3. The van der Waals surface area contributed by atoms with Crippen molar-refractivity contribution in [3.63, 3.8) is 0 Å². The van der Waals surface area contributed by atoms with E-state index in [4.69, 9.17) is 19.4 Å². The lowest BCUT2D eigenvalue weighted by Gasteiger charge is -2.29. The first-order valence-corrected chi connectivity index (χ1v) is 21.0. The summed E-state index contributed by atoms with van der Waals surface area (Å²) in [6.07, 6.45) is 4.62. The van der Waals surface area contributed by atoms with Crippen LogP contribution < -0.4 is 24.8 Å². The average Bonchev–Trinajstić information content (AvgIpc) is 3.97. The first-order valence-electron chi connectivity index (χ1n) is 19.6. The number of carbonyl (C=O) groups is 4. The number of aromatic nitrogens is 2. The van der Waals surface area contributed by atoms with Crippen LogP contribution in [0.1, 0.15) is 96.6 Å². The van der Waals surface area contributed by atoms with Gasteiger partial charge in [0.2, 0.25) is 34.1 Å². The van der Waals surface area contributed by atoms with Crippen LogP contribution in [0.15, 0.2) is 18.2 Å². The molecule has 2 aromatic rings. The third kappa shape index (κ3) is 8.79. The van der Waals surface area contributed by atoms with Crippen LogP contribution in [0, 0.1) is 17.8 Å². The molecule has 3 aliphatic carbocycles. The minimum Gasteiger partial charge on any atom is -0.497 e. The summed E-state index contributed by atoms with van der Waals surface area (Å²) in [5, 5.41) is 13.6. The fraction of sp³-hybridized carbons (Fsp3) is 0.684. The first kappa shape index (κ1) is 41.3. The van der Waals surface area contributed by atoms with Gasteiger partial charge in [0.15, 0.2) is 0 Å². The van der Waals surface area contributed by atoms with Gasteiger partial charge in [0.25, 0.3) is 5.91 Å². The zero-order valence-electron chi connectivity index (χ0n) is 32.0. The van der Waals surface area contributed by atoms with Crippen molar-refractivity contribution in [1.82, 2.24) is 30.2 Å². The van der Waals surface area contributed by atoms with Gasteiger partial charge in [0.05, 0.1) is 35.4 Å². The monoisotopic (exact) mass is 806 g/mol. The smallest absolute Gasteiger partial charge is 0.405 e. The van der Waals surface area contributed by atoms with Crippen LogP contribution in [-0.2, 0) is 30.8 Å². The van der Waals surface area contributed by atoms with Crippen molar-refractivity contribution in [3.8, 4) is 11.6 Å². The number of alkyl halides is 2. The normalized spacial score (nSPS) is 25.6. The topological polar surface area (TPSA) is 206 Å². The summed E-state index contributed by atoms with van der Waals surface area (Å²) in [6.45, 7) is 2.27. The minimum absolute atomic E-state index is 0.191. The van der Waals surface area contributed by atoms with E-state index in [1.807, 2.05) is 10.0 Å². The number of nitrogens with one attached hydrogen (secondary N) is 3. The van der Waals surface area contributed by atoms with E-state index in [1.165, 1.54) is 46.1 Å². The van der Waals surface area contributed by atoms with E-state index in [1.54, 1.807) is 25.1 Å².